The lowest BCUT2D eigenvalue weighted by molar-refractivity contribution is -0.124. The van der Waals surface area contributed by atoms with Gasteiger partial charge in [-0.05, 0) is 77.4 Å². The van der Waals surface area contributed by atoms with E-state index in [-0.39, 0.29) is 23.9 Å². The molecule has 44 heavy (non-hydrogen) atoms. The number of amides is 2. The number of halogens is 4. The molecule has 2 fully saturated rings. The molecule has 2 saturated heterocycles. The lowest BCUT2D eigenvalue weighted by atomic mass is 9.92. The summed E-state index contributed by atoms with van der Waals surface area (Å²) in [6.45, 7) is 2.17. The van der Waals surface area contributed by atoms with Gasteiger partial charge in [0.05, 0.1) is 18.6 Å². The fourth-order valence-electron chi connectivity index (χ4n) is 6.10. The monoisotopic (exact) mass is 662 g/mol. The Morgan fingerprint density at radius 3 is 1.57 bits per heavy atom. The van der Waals surface area contributed by atoms with Gasteiger partial charge in [0.25, 0.3) is 0 Å². The molecule has 4 unspecified atom stereocenters. The van der Waals surface area contributed by atoms with Crippen molar-refractivity contribution < 1.29 is 9.59 Å². The Hall–Kier alpha value is -3.55. The summed E-state index contributed by atoms with van der Waals surface area (Å²) in [7, 11) is 0. The number of carbonyl (C=O) groups is 2. The average Bonchev–Trinajstić information content (AvgIpc) is 3.51. The van der Waals surface area contributed by atoms with Gasteiger partial charge in [-0.1, -0.05) is 59.6 Å². The largest absolute Gasteiger partial charge is 0.350 e. The highest BCUT2D eigenvalue weighted by Gasteiger charge is 2.48. The molecule has 0 aromatic heterocycles. The summed E-state index contributed by atoms with van der Waals surface area (Å²) in [6, 6.07) is 30.3. The molecule has 3 heterocycles. The van der Waals surface area contributed by atoms with Crippen LogP contribution in [0.15, 0.2) is 102 Å². The van der Waals surface area contributed by atoms with Gasteiger partial charge in [-0.25, -0.2) is 0 Å². The summed E-state index contributed by atoms with van der Waals surface area (Å²) in [6.07, 6.45) is 0. The standard InChI is InChI=1S/C34H26Cl4N4O2/c35-24-9-3-21(4-10-24)30-28(37)33(43)41(30)26-13-1-20(2-14-26)19-40-18-17-39-32(40)23-7-15-27(16-8-23)42-31(29(38)34(42)44)22-5-11-25(36)12-6-22/h1-16,28-31H,17-19H2. The van der Waals surface area contributed by atoms with Crippen LogP contribution < -0.4 is 9.80 Å². The lowest BCUT2D eigenvalue weighted by Crippen LogP contribution is -2.56. The Bertz CT molecular complexity index is 1740. The molecule has 3 aliphatic heterocycles. The van der Waals surface area contributed by atoms with E-state index in [1.165, 1.54) is 0 Å². The zero-order valence-electron chi connectivity index (χ0n) is 23.3. The summed E-state index contributed by atoms with van der Waals surface area (Å²) in [5.41, 5.74) is 5.56. The van der Waals surface area contributed by atoms with E-state index in [9.17, 15) is 9.59 Å². The second-order valence-corrected chi connectivity index (χ2v) is 12.9. The van der Waals surface area contributed by atoms with Gasteiger partial charge >= 0.3 is 0 Å². The molecule has 4 aromatic rings. The first-order valence-electron chi connectivity index (χ1n) is 14.2. The van der Waals surface area contributed by atoms with Gasteiger partial charge in [0.1, 0.15) is 16.6 Å². The van der Waals surface area contributed by atoms with Crippen LogP contribution in [-0.4, -0.2) is 46.4 Å². The highest BCUT2D eigenvalue weighted by molar-refractivity contribution is 6.38. The summed E-state index contributed by atoms with van der Waals surface area (Å²) >= 11 is 25.0. The maximum atomic E-state index is 12.7. The topological polar surface area (TPSA) is 56.2 Å². The predicted octanol–water partition coefficient (Wildman–Crippen LogP) is 7.65. The van der Waals surface area contributed by atoms with Crippen molar-refractivity contribution in [3.63, 3.8) is 0 Å². The molecule has 0 bridgehead atoms. The zero-order chi connectivity index (χ0) is 30.5. The minimum Gasteiger partial charge on any atom is -0.350 e. The predicted molar refractivity (Wildman–Crippen MR) is 177 cm³/mol. The van der Waals surface area contributed by atoms with Crippen LogP contribution in [0.3, 0.4) is 0 Å². The molecule has 0 radical (unpaired) electrons. The van der Waals surface area contributed by atoms with E-state index in [0.29, 0.717) is 23.1 Å². The van der Waals surface area contributed by atoms with Gasteiger partial charge in [0.2, 0.25) is 11.8 Å². The van der Waals surface area contributed by atoms with Crippen LogP contribution in [0.1, 0.15) is 34.3 Å². The van der Waals surface area contributed by atoms with Crippen molar-refractivity contribution in [2.75, 3.05) is 22.9 Å². The molecular formula is C34H26Cl4N4O2. The summed E-state index contributed by atoms with van der Waals surface area (Å²) in [4.78, 5) is 35.9. The number of nitrogens with zero attached hydrogens (tertiary/aromatic N) is 4. The molecule has 10 heteroatoms. The maximum Gasteiger partial charge on any atom is 0.248 e. The Kier molecular flexibility index (Phi) is 7.79. The van der Waals surface area contributed by atoms with E-state index in [4.69, 9.17) is 51.4 Å². The molecule has 0 spiro atoms. The Labute approximate surface area is 275 Å². The number of hydrogen-bond acceptors (Lipinski definition) is 4. The minimum atomic E-state index is -0.615. The van der Waals surface area contributed by atoms with Crippen LogP contribution in [0.5, 0.6) is 0 Å². The molecule has 0 saturated carbocycles. The highest BCUT2D eigenvalue weighted by atomic mass is 35.5. The number of hydrogen-bond donors (Lipinski definition) is 0. The van der Waals surface area contributed by atoms with E-state index in [1.807, 2.05) is 97.1 Å². The number of carbonyl (C=O) groups excluding carboxylic acids is 2. The van der Waals surface area contributed by atoms with Gasteiger partial charge in [-0.3, -0.25) is 14.6 Å². The van der Waals surface area contributed by atoms with Crippen molar-refractivity contribution >= 4 is 75.4 Å². The molecule has 4 aromatic carbocycles. The van der Waals surface area contributed by atoms with Gasteiger partial charge in [0.15, 0.2) is 0 Å². The van der Waals surface area contributed by atoms with Gasteiger partial charge in [0, 0.05) is 40.1 Å². The Morgan fingerprint density at radius 2 is 1.09 bits per heavy atom. The molecule has 2 amide bonds. The number of β-lactam (4-membered cyclic amide) rings is 2. The van der Waals surface area contributed by atoms with E-state index >= 15 is 0 Å². The number of rotatable bonds is 7. The quantitative estimate of drug-likeness (QED) is 0.151. The summed E-state index contributed by atoms with van der Waals surface area (Å²) in [5.74, 6) is 0.673. The fraction of sp³-hybridized carbons (Fsp3) is 0.206. The van der Waals surface area contributed by atoms with Gasteiger partial charge < -0.3 is 14.7 Å². The number of anilines is 2. The fourth-order valence-corrected chi connectivity index (χ4v) is 7.08. The van der Waals surface area contributed by atoms with Gasteiger partial charge in [-0.2, -0.15) is 0 Å². The highest BCUT2D eigenvalue weighted by Crippen LogP contribution is 2.43. The van der Waals surface area contributed by atoms with Crippen molar-refractivity contribution in [1.82, 2.24) is 4.90 Å². The first-order chi connectivity index (χ1) is 21.3. The number of amidine groups is 1. The third kappa shape index (κ3) is 5.14. The van der Waals surface area contributed by atoms with E-state index in [0.717, 1.165) is 46.0 Å². The SMILES string of the molecule is O=C1C(Cl)C(c2ccc(Cl)cc2)N1c1ccc(CN2CCN=C2c2ccc(N3C(=O)C(Cl)C3c3ccc(Cl)cc3)cc2)cc1. The molecule has 3 aliphatic rings. The second-order valence-electron chi connectivity index (χ2n) is 11.1. The smallest absolute Gasteiger partial charge is 0.248 e. The average molecular weight is 664 g/mol. The molecule has 222 valence electrons. The minimum absolute atomic E-state index is 0.113. The number of alkyl halides is 2. The first kappa shape index (κ1) is 29.2. The van der Waals surface area contributed by atoms with Crippen molar-refractivity contribution in [2.24, 2.45) is 4.99 Å². The van der Waals surface area contributed by atoms with E-state index in [2.05, 4.69) is 4.90 Å². The van der Waals surface area contributed by atoms with Crippen LogP contribution in [0.2, 0.25) is 10.0 Å². The molecule has 0 N–H and O–H groups in total. The molecule has 4 atom stereocenters. The van der Waals surface area contributed by atoms with Crippen LogP contribution in [0.4, 0.5) is 11.4 Å². The van der Waals surface area contributed by atoms with Crippen LogP contribution in [-0.2, 0) is 16.1 Å². The second kappa shape index (κ2) is 11.8. The van der Waals surface area contributed by atoms with Crippen LogP contribution >= 0.6 is 46.4 Å². The third-order valence-corrected chi connectivity index (χ3v) is 9.76. The molecule has 6 nitrogen and oxygen atoms in total. The van der Waals surface area contributed by atoms with Gasteiger partial charge in [-0.15, -0.1) is 23.2 Å². The first-order valence-corrected chi connectivity index (χ1v) is 15.9. The van der Waals surface area contributed by atoms with Crippen molar-refractivity contribution in [3.8, 4) is 0 Å². The molecular weight excluding hydrogens is 638 g/mol. The molecule has 7 rings (SSSR count). The van der Waals surface area contributed by atoms with Crippen LogP contribution in [0.25, 0.3) is 0 Å². The summed E-state index contributed by atoms with van der Waals surface area (Å²) < 4.78 is 0. The van der Waals surface area contributed by atoms with E-state index < -0.39 is 10.8 Å². The Balaban J connectivity index is 1.04. The van der Waals surface area contributed by atoms with Crippen LogP contribution in [0, 0.1) is 0 Å². The van der Waals surface area contributed by atoms with Crippen molar-refractivity contribution in [3.05, 3.63) is 129 Å². The van der Waals surface area contributed by atoms with E-state index in [1.54, 1.807) is 9.80 Å². The normalized spacial score (nSPS) is 23.0. The van der Waals surface area contributed by atoms with Crippen molar-refractivity contribution in [2.45, 2.75) is 29.4 Å². The maximum absolute atomic E-state index is 12.7. The number of benzene rings is 4. The Morgan fingerprint density at radius 1 is 0.636 bits per heavy atom. The number of aliphatic imine (C=N–C) groups is 1. The molecule has 0 aliphatic carbocycles. The summed E-state index contributed by atoms with van der Waals surface area (Å²) in [5, 5.41) is 0.0544. The third-order valence-electron chi connectivity index (χ3n) is 8.40. The van der Waals surface area contributed by atoms with Crippen molar-refractivity contribution in [1.29, 1.82) is 0 Å². The lowest BCUT2D eigenvalue weighted by Gasteiger charge is -2.44. The zero-order valence-corrected chi connectivity index (χ0v) is 26.3.